The number of benzene rings is 8. The van der Waals surface area contributed by atoms with E-state index < -0.39 is 65.4 Å². The fourth-order valence-corrected chi connectivity index (χ4v) is 8.53. The second-order valence-corrected chi connectivity index (χ2v) is 18.6. The molecule has 10 rings (SSSR count). The van der Waals surface area contributed by atoms with Crippen molar-refractivity contribution in [3.8, 4) is 89.7 Å². The molecule has 0 saturated heterocycles. The average molecular weight is 865 g/mol. The zero-order chi connectivity index (χ0) is 53.4. The number of phenols is 1. The Morgan fingerprint density at radius 3 is 1.77 bits per heavy atom. The van der Waals surface area contributed by atoms with E-state index in [2.05, 4.69) is 94.6 Å². The van der Waals surface area contributed by atoms with Crippen molar-refractivity contribution in [1.29, 1.82) is 0 Å². The quantitative estimate of drug-likeness (QED) is 0.166. The van der Waals surface area contributed by atoms with Crippen LogP contribution in [0.25, 0.3) is 95.0 Å². The van der Waals surface area contributed by atoms with E-state index in [0.29, 0.717) is 33.7 Å². The van der Waals surface area contributed by atoms with E-state index in [4.69, 9.17) is 19.6 Å². The van der Waals surface area contributed by atoms with Gasteiger partial charge < -0.3 is 5.11 Å². The van der Waals surface area contributed by atoms with Crippen LogP contribution in [0.4, 0.5) is 0 Å². The molecule has 0 spiro atoms. The fraction of sp³-hybridized carbons (Fsp3) is 0.129. The SMILES string of the molecule is [2H]c1c([2H])c([2H])c(-c2c([2H])c([2H])c(-c3ccnc(-c4cc(-c5ccccc5)cc(-c5cccc6c5nc(-c5cc(C(C)(C)C)cc(C(C)(C)C)c5O)n6-c5ccccc5-c5ccccc5)c4)c3)c([2H])c2[2H])c([2H])c1[2H]. The van der Waals surface area contributed by atoms with Crippen molar-refractivity contribution in [2.45, 2.75) is 52.4 Å². The number of phenolic OH excluding ortho intramolecular Hbond substituents is 1. The molecule has 0 atom stereocenters. The maximum atomic E-state index is 12.5. The Morgan fingerprint density at radius 1 is 0.470 bits per heavy atom. The molecule has 0 amide bonds. The lowest BCUT2D eigenvalue weighted by Gasteiger charge is -2.27. The first-order chi connectivity index (χ1) is 35.6. The van der Waals surface area contributed by atoms with Crippen molar-refractivity contribution in [1.82, 2.24) is 14.5 Å². The summed E-state index contributed by atoms with van der Waals surface area (Å²) in [5, 5.41) is 12.5. The summed E-state index contributed by atoms with van der Waals surface area (Å²) < 4.78 is 80.4. The van der Waals surface area contributed by atoms with E-state index in [1.54, 1.807) is 18.3 Å². The van der Waals surface area contributed by atoms with E-state index in [-0.39, 0.29) is 22.3 Å². The van der Waals surface area contributed by atoms with Gasteiger partial charge in [-0.15, -0.1) is 0 Å². The molecule has 322 valence electrons. The molecule has 2 heterocycles. The van der Waals surface area contributed by atoms with Gasteiger partial charge in [-0.2, -0.15) is 0 Å². The van der Waals surface area contributed by atoms with Crippen molar-refractivity contribution in [3.63, 3.8) is 0 Å². The molecule has 0 saturated carbocycles. The number of rotatable bonds is 8. The molecule has 1 N–H and O–H groups in total. The predicted octanol–water partition coefficient (Wildman–Crippen LogP) is 16.4. The van der Waals surface area contributed by atoms with Crippen LogP contribution >= 0.6 is 0 Å². The van der Waals surface area contributed by atoms with Crippen molar-refractivity contribution in [2.75, 3.05) is 0 Å². The van der Waals surface area contributed by atoms with E-state index in [1.165, 1.54) is 0 Å². The number of nitrogens with zero attached hydrogens (tertiary/aromatic N) is 3. The minimum absolute atomic E-state index is 0.0313. The van der Waals surface area contributed by atoms with Crippen LogP contribution in [-0.2, 0) is 10.8 Å². The van der Waals surface area contributed by atoms with Gasteiger partial charge >= 0.3 is 0 Å². The van der Waals surface area contributed by atoms with Crippen LogP contribution in [0.5, 0.6) is 5.75 Å². The Kier molecular flexibility index (Phi) is 8.42. The van der Waals surface area contributed by atoms with Gasteiger partial charge in [0.15, 0.2) is 0 Å². The number of fused-ring (bicyclic) bond motifs is 1. The van der Waals surface area contributed by atoms with Gasteiger partial charge in [0.2, 0.25) is 0 Å². The normalized spacial score (nSPS) is 13.8. The van der Waals surface area contributed by atoms with Gasteiger partial charge in [-0.1, -0.05) is 193 Å². The highest BCUT2D eigenvalue weighted by atomic mass is 16.3. The maximum Gasteiger partial charge on any atom is 0.149 e. The summed E-state index contributed by atoms with van der Waals surface area (Å²) in [4.78, 5) is 10.4. The fourth-order valence-electron chi connectivity index (χ4n) is 8.53. The summed E-state index contributed by atoms with van der Waals surface area (Å²) in [6.07, 6.45) is 1.55. The average Bonchev–Trinajstić information content (AvgIpc) is 3.81. The molecule has 0 radical (unpaired) electrons. The van der Waals surface area contributed by atoms with Gasteiger partial charge in [0.1, 0.15) is 11.6 Å². The summed E-state index contributed by atoms with van der Waals surface area (Å²) in [5.41, 5.74) is 10.3. The third-order valence-electron chi connectivity index (χ3n) is 12.0. The Labute approximate surface area is 401 Å². The zero-order valence-corrected chi connectivity index (χ0v) is 37.7. The monoisotopic (exact) mass is 864 g/mol. The highest BCUT2D eigenvalue weighted by molar-refractivity contribution is 5.98. The van der Waals surface area contributed by atoms with Crippen molar-refractivity contribution in [2.24, 2.45) is 0 Å². The van der Waals surface area contributed by atoms with Crippen LogP contribution in [0.1, 0.15) is 65.0 Å². The van der Waals surface area contributed by atoms with E-state index in [9.17, 15) is 7.85 Å². The second kappa shape index (κ2) is 17.0. The first-order valence-corrected chi connectivity index (χ1v) is 22.1. The van der Waals surface area contributed by atoms with Gasteiger partial charge in [-0.25, -0.2) is 4.98 Å². The topological polar surface area (TPSA) is 50.9 Å². The molecule has 0 aliphatic heterocycles. The molecule has 8 aromatic carbocycles. The summed E-state index contributed by atoms with van der Waals surface area (Å²) >= 11 is 0. The molecule has 4 nitrogen and oxygen atoms in total. The van der Waals surface area contributed by atoms with Crippen LogP contribution in [0.3, 0.4) is 0 Å². The van der Waals surface area contributed by atoms with E-state index >= 15 is 0 Å². The molecule has 4 heteroatoms. The second-order valence-electron chi connectivity index (χ2n) is 18.6. The van der Waals surface area contributed by atoms with Gasteiger partial charge in [0.25, 0.3) is 0 Å². The Balaban J connectivity index is 1.21. The molecule has 10 aromatic rings. The first kappa shape index (κ1) is 32.8. The van der Waals surface area contributed by atoms with E-state index in [0.717, 1.165) is 55.7 Å². The molecule has 2 aromatic heterocycles. The molecule has 66 heavy (non-hydrogen) atoms. The minimum Gasteiger partial charge on any atom is -0.507 e. The largest absolute Gasteiger partial charge is 0.507 e. The summed E-state index contributed by atoms with van der Waals surface area (Å²) in [5.74, 6) is 0.733. The van der Waals surface area contributed by atoms with Gasteiger partial charge in [0.05, 0.1) is 40.3 Å². The highest BCUT2D eigenvalue weighted by Crippen LogP contribution is 2.46. The summed E-state index contributed by atoms with van der Waals surface area (Å²) in [6, 6.07) is 43.1. The number of imidazole rings is 1. The standard InChI is InChI=1S/C62H53N3O/c1-61(2,3)50-39-53(59(66)54(40-50)62(4,5)6)60-64-58-52(26-18-28-57(58)65(60)56-27-17-16-25-51(56)45-23-14-9-15-24-45)48-35-47(42-21-12-8-13-22-42)36-49(37-48)55-38-46(33-34-63-55)44-31-29-43(30-32-44)41-19-10-7-11-20-41/h7-40,66H,1-6H3/i7D,10D,11D,19D,20D,29D,30D,31D,32D. The molecular formula is C62H53N3O. The predicted molar refractivity (Wildman–Crippen MR) is 276 cm³/mol. The minimum atomic E-state index is -0.638. The third kappa shape index (κ3) is 8.12. The molecule has 0 aliphatic carbocycles. The van der Waals surface area contributed by atoms with Gasteiger partial charge in [-0.05, 0) is 109 Å². The number of aromatic nitrogens is 3. The summed E-state index contributed by atoms with van der Waals surface area (Å²) in [6.45, 7) is 12.8. The number of para-hydroxylation sites is 2. The van der Waals surface area contributed by atoms with Crippen LogP contribution in [0.2, 0.25) is 0 Å². The van der Waals surface area contributed by atoms with Crippen molar-refractivity contribution in [3.05, 3.63) is 217 Å². The van der Waals surface area contributed by atoms with Gasteiger partial charge in [0, 0.05) is 28.5 Å². The van der Waals surface area contributed by atoms with Crippen LogP contribution in [0.15, 0.2) is 206 Å². The Morgan fingerprint density at radius 2 is 1.08 bits per heavy atom. The highest BCUT2D eigenvalue weighted by Gasteiger charge is 2.29. The molecule has 0 aliphatic rings. The number of pyridine rings is 1. The molecule has 0 unspecified atom stereocenters. The lowest BCUT2D eigenvalue weighted by atomic mass is 9.79. The zero-order valence-electron chi connectivity index (χ0n) is 46.7. The number of aromatic hydroxyl groups is 1. The number of hydrogen-bond donors (Lipinski definition) is 1. The van der Waals surface area contributed by atoms with Crippen LogP contribution < -0.4 is 0 Å². The lowest BCUT2D eigenvalue weighted by molar-refractivity contribution is 0.446. The van der Waals surface area contributed by atoms with Crippen molar-refractivity contribution < 1.29 is 17.4 Å². The van der Waals surface area contributed by atoms with Crippen LogP contribution in [-0.4, -0.2) is 19.6 Å². The molecule has 0 fully saturated rings. The Hall–Kier alpha value is -7.82. The smallest absolute Gasteiger partial charge is 0.149 e. The van der Waals surface area contributed by atoms with Gasteiger partial charge in [-0.3, -0.25) is 9.55 Å². The first-order valence-electron chi connectivity index (χ1n) is 26.6. The number of hydrogen-bond acceptors (Lipinski definition) is 3. The van der Waals surface area contributed by atoms with E-state index in [1.807, 2.05) is 84.9 Å². The molecule has 0 bridgehead atoms. The lowest BCUT2D eigenvalue weighted by Crippen LogP contribution is -2.17. The maximum absolute atomic E-state index is 12.5. The van der Waals surface area contributed by atoms with Crippen molar-refractivity contribution >= 4 is 11.0 Å². The van der Waals surface area contributed by atoms with Crippen LogP contribution in [0, 0.1) is 0 Å². The summed E-state index contributed by atoms with van der Waals surface area (Å²) in [7, 11) is 0. The third-order valence-corrected chi connectivity index (χ3v) is 12.0. The molecular weight excluding hydrogens is 803 g/mol. The Bertz CT molecular complexity index is 3860.